The summed E-state index contributed by atoms with van der Waals surface area (Å²) in [6.45, 7) is 5.12. The van der Waals surface area contributed by atoms with Crippen molar-refractivity contribution in [2.75, 3.05) is 11.9 Å². The van der Waals surface area contributed by atoms with Crippen molar-refractivity contribution in [2.45, 2.75) is 38.1 Å². The highest BCUT2D eigenvalue weighted by atomic mass is 16.5. The van der Waals surface area contributed by atoms with Crippen LogP contribution in [0.25, 0.3) is 0 Å². The third kappa shape index (κ3) is 2.88. The molecule has 0 radical (unpaired) electrons. The summed E-state index contributed by atoms with van der Waals surface area (Å²) in [6, 6.07) is 10.1. The van der Waals surface area contributed by atoms with Crippen molar-refractivity contribution in [1.82, 2.24) is 14.7 Å². The van der Waals surface area contributed by atoms with E-state index in [1.54, 1.807) is 10.9 Å². The van der Waals surface area contributed by atoms with Crippen LogP contribution in [0.5, 0.6) is 0 Å². The molecule has 0 saturated carbocycles. The Labute approximate surface area is 169 Å². The average Bonchev–Trinajstić information content (AvgIpc) is 3.44. The second kappa shape index (κ2) is 6.56. The van der Waals surface area contributed by atoms with Crippen LogP contribution in [-0.2, 0) is 20.9 Å². The predicted molar refractivity (Wildman–Crippen MR) is 107 cm³/mol. The average molecular weight is 392 g/mol. The molecule has 150 valence electrons. The van der Waals surface area contributed by atoms with E-state index in [1.165, 1.54) is 0 Å². The van der Waals surface area contributed by atoms with Gasteiger partial charge in [-0.25, -0.2) is 0 Å². The highest BCUT2D eigenvalue weighted by molar-refractivity contribution is 5.99. The van der Waals surface area contributed by atoms with Gasteiger partial charge in [0.15, 0.2) is 0 Å². The van der Waals surface area contributed by atoms with Crippen LogP contribution in [0.2, 0.25) is 0 Å². The van der Waals surface area contributed by atoms with Gasteiger partial charge in [0, 0.05) is 12.2 Å². The normalized spacial score (nSPS) is 29.7. The number of carbonyl (C=O) groups excluding carboxylic acids is 2. The molecular weight excluding hydrogens is 368 g/mol. The van der Waals surface area contributed by atoms with Crippen molar-refractivity contribution in [3.8, 4) is 0 Å². The molecule has 1 spiro atoms. The molecule has 0 aliphatic carbocycles. The molecule has 7 heteroatoms. The van der Waals surface area contributed by atoms with Crippen LogP contribution in [-0.4, -0.2) is 50.8 Å². The first-order valence-electron chi connectivity index (χ1n) is 10.0. The molecule has 2 amide bonds. The topological polar surface area (TPSA) is 76.5 Å². The number of likely N-dealkylation sites (tertiary alicyclic amines) is 1. The first-order chi connectivity index (χ1) is 14.0. The number of hydrogen-bond acceptors (Lipinski definition) is 4. The summed E-state index contributed by atoms with van der Waals surface area (Å²) in [4.78, 5) is 27.9. The van der Waals surface area contributed by atoms with Crippen LogP contribution in [0.3, 0.4) is 0 Å². The van der Waals surface area contributed by atoms with Gasteiger partial charge in [0.25, 0.3) is 0 Å². The Morgan fingerprint density at radius 1 is 1.34 bits per heavy atom. The summed E-state index contributed by atoms with van der Waals surface area (Å²) >= 11 is 0. The van der Waals surface area contributed by atoms with E-state index in [0.29, 0.717) is 18.8 Å². The lowest BCUT2D eigenvalue weighted by Crippen LogP contribution is -2.42. The molecule has 4 atom stereocenters. The molecule has 2 fully saturated rings. The number of aromatic nitrogens is 2. The van der Waals surface area contributed by atoms with Gasteiger partial charge in [-0.05, 0) is 19.4 Å². The van der Waals surface area contributed by atoms with Gasteiger partial charge in [0.05, 0.1) is 42.9 Å². The second-order valence-corrected chi connectivity index (χ2v) is 8.36. The van der Waals surface area contributed by atoms with Crippen LogP contribution < -0.4 is 5.32 Å². The fourth-order valence-electron chi connectivity index (χ4n) is 4.78. The fourth-order valence-corrected chi connectivity index (χ4v) is 4.78. The summed E-state index contributed by atoms with van der Waals surface area (Å²) < 4.78 is 7.92. The van der Waals surface area contributed by atoms with Crippen molar-refractivity contribution in [2.24, 2.45) is 11.8 Å². The van der Waals surface area contributed by atoms with Crippen LogP contribution >= 0.6 is 0 Å². The van der Waals surface area contributed by atoms with Gasteiger partial charge in [-0.3, -0.25) is 14.3 Å². The SMILES string of the molecule is CC(C)N1C[C@]23C=C[C@H](O2)[C@H](C(=O)Nc2cnn(Cc4ccccc4)c2)[C@@H]3C1=O. The quantitative estimate of drug-likeness (QED) is 0.791. The van der Waals surface area contributed by atoms with E-state index in [2.05, 4.69) is 10.4 Å². The molecule has 3 aliphatic rings. The van der Waals surface area contributed by atoms with E-state index in [9.17, 15) is 9.59 Å². The minimum atomic E-state index is -0.661. The largest absolute Gasteiger partial charge is 0.360 e. The zero-order chi connectivity index (χ0) is 20.2. The number of nitrogens with one attached hydrogen (secondary N) is 1. The summed E-state index contributed by atoms with van der Waals surface area (Å²) in [5.74, 6) is -1.16. The Balaban J connectivity index is 1.32. The first kappa shape index (κ1) is 18.1. The lowest BCUT2D eigenvalue weighted by Gasteiger charge is -2.24. The van der Waals surface area contributed by atoms with E-state index in [0.717, 1.165) is 5.56 Å². The molecule has 0 unspecified atom stereocenters. The van der Waals surface area contributed by atoms with Gasteiger partial charge in [-0.2, -0.15) is 5.10 Å². The zero-order valence-electron chi connectivity index (χ0n) is 16.5. The zero-order valence-corrected chi connectivity index (χ0v) is 16.5. The summed E-state index contributed by atoms with van der Waals surface area (Å²) in [7, 11) is 0. The van der Waals surface area contributed by atoms with Crippen molar-refractivity contribution in [3.63, 3.8) is 0 Å². The van der Waals surface area contributed by atoms with E-state index in [-0.39, 0.29) is 24.0 Å². The maximum Gasteiger partial charge on any atom is 0.231 e. The number of hydrogen-bond donors (Lipinski definition) is 1. The van der Waals surface area contributed by atoms with E-state index in [1.807, 2.05) is 67.4 Å². The molecule has 2 bridgehead atoms. The van der Waals surface area contributed by atoms with Crippen LogP contribution in [0.4, 0.5) is 5.69 Å². The van der Waals surface area contributed by atoms with Crippen molar-refractivity contribution in [1.29, 1.82) is 0 Å². The molecular formula is C22H24N4O3. The molecule has 1 aromatic carbocycles. The lowest BCUT2D eigenvalue weighted by atomic mass is 9.77. The highest BCUT2D eigenvalue weighted by Crippen LogP contribution is 2.52. The number of ether oxygens (including phenoxy) is 1. The van der Waals surface area contributed by atoms with Crippen molar-refractivity contribution in [3.05, 3.63) is 60.4 Å². The Kier molecular flexibility index (Phi) is 4.10. The van der Waals surface area contributed by atoms with E-state index in [4.69, 9.17) is 4.74 Å². The monoisotopic (exact) mass is 392 g/mol. The molecule has 29 heavy (non-hydrogen) atoms. The first-order valence-corrected chi connectivity index (χ1v) is 10.0. The molecule has 1 N–H and O–H groups in total. The number of carbonyl (C=O) groups is 2. The Morgan fingerprint density at radius 2 is 2.14 bits per heavy atom. The third-order valence-electron chi connectivity index (χ3n) is 6.14. The molecule has 1 aromatic heterocycles. The molecule has 7 nitrogen and oxygen atoms in total. The molecule has 4 heterocycles. The van der Waals surface area contributed by atoms with Crippen LogP contribution in [0.1, 0.15) is 19.4 Å². The Bertz CT molecular complexity index is 983. The Morgan fingerprint density at radius 3 is 2.90 bits per heavy atom. The van der Waals surface area contributed by atoms with Gasteiger partial charge in [0.2, 0.25) is 11.8 Å². The number of benzene rings is 1. The maximum atomic E-state index is 13.1. The number of anilines is 1. The number of amides is 2. The van der Waals surface area contributed by atoms with Gasteiger partial charge in [-0.15, -0.1) is 0 Å². The molecule has 3 aliphatic heterocycles. The predicted octanol–water partition coefficient (Wildman–Crippen LogP) is 2.06. The highest BCUT2D eigenvalue weighted by Gasteiger charge is 2.67. The molecule has 2 aromatic rings. The fraction of sp³-hybridized carbons (Fsp3) is 0.409. The molecule has 2 saturated heterocycles. The van der Waals surface area contributed by atoms with Crippen LogP contribution in [0, 0.1) is 11.8 Å². The van der Waals surface area contributed by atoms with Gasteiger partial charge in [-0.1, -0.05) is 42.5 Å². The summed E-state index contributed by atoms with van der Waals surface area (Å²) in [5.41, 5.74) is 1.09. The minimum Gasteiger partial charge on any atom is -0.360 e. The smallest absolute Gasteiger partial charge is 0.231 e. The standard InChI is InChI=1S/C22H24N4O3/c1-14(2)26-13-22-9-8-17(29-22)18(19(22)21(26)28)20(27)24-16-10-23-25(12-16)11-15-6-4-3-5-7-15/h3-10,12,14,17-19H,11,13H2,1-2H3,(H,24,27)/t17-,18-,19+,22-/m0/s1. The third-order valence-corrected chi connectivity index (χ3v) is 6.14. The number of nitrogens with zero attached hydrogens (tertiary/aromatic N) is 3. The number of fused-ring (bicyclic) bond motifs is 1. The maximum absolute atomic E-state index is 13.1. The van der Waals surface area contributed by atoms with Crippen LogP contribution in [0.15, 0.2) is 54.9 Å². The van der Waals surface area contributed by atoms with E-state index >= 15 is 0 Å². The van der Waals surface area contributed by atoms with Crippen molar-refractivity contribution >= 4 is 17.5 Å². The lowest BCUT2D eigenvalue weighted by molar-refractivity contribution is -0.136. The van der Waals surface area contributed by atoms with Gasteiger partial charge < -0.3 is 15.0 Å². The van der Waals surface area contributed by atoms with Crippen molar-refractivity contribution < 1.29 is 14.3 Å². The van der Waals surface area contributed by atoms with Gasteiger partial charge in [0.1, 0.15) is 5.60 Å². The number of rotatable bonds is 5. The summed E-state index contributed by atoms with van der Waals surface area (Å²) in [6.07, 6.45) is 7.00. The molecule has 5 rings (SSSR count). The van der Waals surface area contributed by atoms with E-state index < -0.39 is 17.4 Å². The minimum absolute atomic E-state index is 0.00627. The Hall–Kier alpha value is -2.93. The second-order valence-electron chi connectivity index (χ2n) is 8.36. The summed E-state index contributed by atoms with van der Waals surface area (Å²) in [5, 5.41) is 7.28. The van der Waals surface area contributed by atoms with Gasteiger partial charge >= 0.3 is 0 Å².